The Hall–Kier alpha value is -3.60. The van der Waals surface area contributed by atoms with Gasteiger partial charge in [0.05, 0.1) is 0 Å². The van der Waals surface area contributed by atoms with E-state index in [2.05, 4.69) is 5.32 Å². The quantitative estimate of drug-likeness (QED) is 0.617. The minimum Gasteiger partial charge on any atom is -0.457 e. The lowest BCUT2D eigenvalue weighted by atomic mass is 10.1. The Kier molecular flexibility index (Phi) is 6.41. The molecule has 5 nitrogen and oxygen atoms in total. The van der Waals surface area contributed by atoms with E-state index < -0.39 is 5.97 Å². The van der Waals surface area contributed by atoms with Gasteiger partial charge < -0.3 is 14.8 Å². The zero-order valence-electron chi connectivity index (χ0n) is 15.5. The predicted octanol–water partition coefficient (Wildman–Crippen LogP) is 4.51. The second kappa shape index (κ2) is 9.37. The molecule has 3 aromatic carbocycles. The van der Waals surface area contributed by atoms with Crippen LogP contribution in [0.4, 0.5) is 0 Å². The third-order valence-corrected chi connectivity index (χ3v) is 4.07. The largest absolute Gasteiger partial charge is 0.457 e. The zero-order chi connectivity index (χ0) is 19.8. The summed E-state index contributed by atoms with van der Waals surface area (Å²) in [5, 5.41) is 2.57. The lowest BCUT2D eigenvalue weighted by molar-refractivity contribution is -0.147. The van der Waals surface area contributed by atoms with E-state index in [1.165, 1.54) is 0 Å². The van der Waals surface area contributed by atoms with Gasteiger partial charge in [0, 0.05) is 5.56 Å². The number of esters is 1. The van der Waals surface area contributed by atoms with E-state index in [1.807, 2.05) is 60.7 Å². The SMILES string of the molecule is C[C@H](OC(=O)CNC(=O)c1ccc(Oc2ccccc2)cc1)c1ccccc1. The van der Waals surface area contributed by atoms with Gasteiger partial charge in [0.1, 0.15) is 24.1 Å². The van der Waals surface area contributed by atoms with Crippen LogP contribution in [0.1, 0.15) is 28.9 Å². The maximum Gasteiger partial charge on any atom is 0.326 e. The molecule has 142 valence electrons. The molecule has 0 saturated heterocycles. The van der Waals surface area contributed by atoms with Crippen molar-refractivity contribution in [1.29, 1.82) is 0 Å². The number of amides is 1. The van der Waals surface area contributed by atoms with Gasteiger partial charge >= 0.3 is 5.97 Å². The van der Waals surface area contributed by atoms with Crippen molar-refractivity contribution in [2.45, 2.75) is 13.0 Å². The fourth-order valence-electron chi connectivity index (χ4n) is 2.58. The van der Waals surface area contributed by atoms with Crippen molar-refractivity contribution in [3.63, 3.8) is 0 Å². The minimum absolute atomic E-state index is 0.196. The molecule has 3 rings (SSSR count). The number of hydrogen-bond acceptors (Lipinski definition) is 4. The van der Waals surface area contributed by atoms with E-state index in [4.69, 9.17) is 9.47 Å². The number of nitrogens with one attached hydrogen (secondary N) is 1. The second-order valence-corrected chi connectivity index (χ2v) is 6.16. The molecule has 0 heterocycles. The highest BCUT2D eigenvalue weighted by molar-refractivity contribution is 5.96. The third kappa shape index (κ3) is 5.45. The van der Waals surface area contributed by atoms with Crippen molar-refractivity contribution in [2.24, 2.45) is 0 Å². The molecule has 0 aliphatic rings. The van der Waals surface area contributed by atoms with Crippen molar-refractivity contribution in [3.8, 4) is 11.5 Å². The molecule has 0 saturated carbocycles. The Morgan fingerprint density at radius 1 is 0.821 bits per heavy atom. The molecule has 0 spiro atoms. The second-order valence-electron chi connectivity index (χ2n) is 6.16. The topological polar surface area (TPSA) is 64.6 Å². The molecule has 5 heteroatoms. The number of para-hydroxylation sites is 1. The Balaban J connectivity index is 1.48. The first kappa shape index (κ1) is 19.2. The van der Waals surface area contributed by atoms with Gasteiger partial charge in [-0.2, -0.15) is 0 Å². The van der Waals surface area contributed by atoms with Gasteiger partial charge in [-0.3, -0.25) is 9.59 Å². The summed E-state index contributed by atoms with van der Waals surface area (Å²) in [5.74, 6) is 0.498. The smallest absolute Gasteiger partial charge is 0.326 e. The fourth-order valence-corrected chi connectivity index (χ4v) is 2.58. The van der Waals surface area contributed by atoms with E-state index in [9.17, 15) is 9.59 Å². The highest BCUT2D eigenvalue weighted by Crippen LogP contribution is 2.21. The summed E-state index contributed by atoms with van der Waals surface area (Å²) >= 11 is 0. The highest BCUT2D eigenvalue weighted by Gasteiger charge is 2.13. The van der Waals surface area contributed by atoms with Crippen molar-refractivity contribution < 1.29 is 19.1 Å². The van der Waals surface area contributed by atoms with Crippen LogP contribution in [0.5, 0.6) is 11.5 Å². The maximum absolute atomic E-state index is 12.2. The zero-order valence-corrected chi connectivity index (χ0v) is 15.5. The summed E-state index contributed by atoms with van der Waals surface area (Å²) in [6, 6.07) is 25.5. The summed E-state index contributed by atoms with van der Waals surface area (Å²) in [5.41, 5.74) is 1.33. The van der Waals surface area contributed by atoms with Gasteiger partial charge in [0.15, 0.2) is 0 Å². The predicted molar refractivity (Wildman–Crippen MR) is 106 cm³/mol. The normalized spacial score (nSPS) is 11.3. The summed E-state index contributed by atoms with van der Waals surface area (Å²) < 4.78 is 11.0. The number of ether oxygens (including phenoxy) is 2. The Morgan fingerprint density at radius 3 is 2.04 bits per heavy atom. The molecule has 0 bridgehead atoms. The van der Waals surface area contributed by atoms with E-state index in [-0.39, 0.29) is 18.6 Å². The average Bonchev–Trinajstić information content (AvgIpc) is 2.74. The number of benzene rings is 3. The van der Waals surface area contributed by atoms with E-state index in [0.717, 1.165) is 11.3 Å². The first-order valence-corrected chi connectivity index (χ1v) is 8.97. The van der Waals surface area contributed by atoms with Crippen LogP contribution in [0.2, 0.25) is 0 Å². The van der Waals surface area contributed by atoms with E-state index in [0.29, 0.717) is 11.3 Å². The molecule has 0 radical (unpaired) electrons. The average molecular weight is 375 g/mol. The summed E-state index contributed by atoms with van der Waals surface area (Å²) in [7, 11) is 0. The first-order valence-electron chi connectivity index (χ1n) is 8.97. The van der Waals surface area contributed by atoms with Crippen molar-refractivity contribution in [2.75, 3.05) is 6.54 Å². The lowest BCUT2D eigenvalue weighted by Crippen LogP contribution is -2.31. The standard InChI is InChI=1S/C23H21NO4/c1-17(18-8-4-2-5-9-18)27-22(25)16-24-23(26)19-12-14-21(15-13-19)28-20-10-6-3-7-11-20/h2-15,17H,16H2,1H3,(H,24,26)/t17-/m0/s1. The van der Waals surface area contributed by atoms with Crippen LogP contribution in [-0.4, -0.2) is 18.4 Å². The maximum atomic E-state index is 12.2. The molecule has 1 amide bonds. The van der Waals surface area contributed by atoms with E-state index >= 15 is 0 Å². The minimum atomic E-state index is -0.492. The van der Waals surface area contributed by atoms with Gasteiger partial charge in [0.25, 0.3) is 5.91 Å². The molecule has 0 aliphatic carbocycles. The van der Waals surface area contributed by atoms with Crippen LogP contribution in [0.25, 0.3) is 0 Å². The van der Waals surface area contributed by atoms with Crippen molar-refractivity contribution >= 4 is 11.9 Å². The Morgan fingerprint density at radius 2 is 1.39 bits per heavy atom. The van der Waals surface area contributed by atoms with Crippen molar-refractivity contribution in [3.05, 3.63) is 96.1 Å². The van der Waals surface area contributed by atoms with Crippen LogP contribution in [0, 0.1) is 0 Å². The number of carbonyl (C=O) groups excluding carboxylic acids is 2. The summed E-state index contributed by atoms with van der Waals surface area (Å²) in [4.78, 5) is 24.2. The molecule has 1 N–H and O–H groups in total. The van der Waals surface area contributed by atoms with Crippen molar-refractivity contribution in [1.82, 2.24) is 5.32 Å². The fraction of sp³-hybridized carbons (Fsp3) is 0.130. The summed E-state index contributed by atoms with van der Waals surface area (Å²) in [6.45, 7) is 1.60. The van der Waals surface area contributed by atoms with Crippen LogP contribution < -0.4 is 10.1 Å². The van der Waals surface area contributed by atoms with Crippen LogP contribution in [0.3, 0.4) is 0 Å². The lowest BCUT2D eigenvalue weighted by Gasteiger charge is -2.14. The van der Waals surface area contributed by atoms with Gasteiger partial charge in [-0.1, -0.05) is 48.5 Å². The van der Waals surface area contributed by atoms with Gasteiger partial charge in [0.2, 0.25) is 0 Å². The molecule has 1 atom stereocenters. The molecule has 3 aromatic rings. The summed E-state index contributed by atoms with van der Waals surface area (Å²) in [6.07, 6.45) is -0.375. The molecule has 28 heavy (non-hydrogen) atoms. The van der Waals surface area contributed by atoms with Crippen LogP contribution >= 0.6 is 0 Å². The highest BCUT2D eigenvalue weighted by atomic mass is 16.5. The number of carbonyl (C=O) groups is 2. The Labute approximate surface area is 163 Å². The monoisotopic (exact) mass is 375 g/mol. The van der Waals surface area contributed by atoms with Crippen LogP contribution in [0.15, 0.2) is 84.9 Å². The molecular weight excluding hydrogens is 354 g/mol. The van der Waals surface area contributed by atoms with Crippen LogP contribution in [-0.2, 0) is 9.53 Å². The molecule has 0 aromatic heterocycles. The van der Waals surface area contributed by atoms with E-state index in [1.54, 1.807) is 31.2 Å². The number of hydrogen-bond donors (Lipinski definition) is 1. The molecule has 0 unspecified atom stereocenters. The Bertz CT molecular complexity index is 908. The van der Waals surface area contributed by atoms with Gasteiger partial charge in [-0.25, -0.2) is 0 Å². The molecular formula is C23H21NO4. The van der Waals surface area contributed by atoms with Gasteiger partial charge in [-0.05, 0) is 48.9 Å². The molecule has 0 fully saturated rings. The van der Waals surface area contributed by atoms with Gasteiger partial charge in [-0.15, -0.1) is 0 Å². The number of rotatable bonds is 7. The third-order valence-electron chi connectivity index (χ3n) is 4.07. The molecule has 0 aliphatic heterocycles. The first-order chi connectivity index (χ1) is 13.6.